The number of rotatable bonds is 3. The van der Waals surface area contributed by atoms with Gasteiger partial charge in [0.2, 0.25) is 0 Å². The maximum Gasteiger partial charge on any atom is 0.253 e. The Labute approximate surface area is 154 Å². The fourth-order valence-electron chi connectivity index (χ4n) is 3.84. The molecule has 2 aromatic rings. The molecule has 2 unspecified atom stereocenters. The van der Waals surface area contributed by atoms with Gasteiger partial charge in [-0.3, -0.25) is 4.79 Å². The van der Waals surface area contributed by atoms with Crippen molar-refractivity contribution in [2.45, 2.75) is 45.7 Å². The van der Waals surface area contributed by atoms with Crippen LogP contribution in [0.4, 0.5) is 0 Å². The standard InChI is InChI=1S/C21H25ClN2O/c1-13(2)24-11-15(4)19(16-6-8-18(22)9-7-16)20(24)17-10-14(3)21(25)23(5)12-17/h6-13,19-20H,1-5H3. The van der Waals surface area contributed by atoms with Gasteiger partial charge in [0.1, 0.15) is 0 Å². The van der Waals surface area contributed by atoms with Crippen LogP contribution in [0.5, 0.6) is 0 Å². The molecule has 0 bridgehead atoms. The van der Waals surface area contributed by atoms with E-state index in [1.165, 1.54) is 16.7 Å². The number of halogens is 1. The average molecular weight is 357 g/mol. The second-order valence-electron chi connectivity index (χ2n) is 7.26. The third-order valence-electron chi connectivity index (χ3n) is 5.03. The minimum Gasteiger partial charge on any atom is -0.367 e. The number of aromatic nitrogens is 1. The topological polar surface area (TPSA) is 25.2 Å². The summed E-state index contributed by atoms with van der Waals surface area (Å²) in [6, 6.07) is 10.7. The van der Waals surface area contributed by atoms with Crippen molar-refractivity contribution in [3.63, 3.8) is 0 Å². The molecule has 4 heteroatoms. The molecular formula is C21H25ClN2O. The Bertz CT molecular complexity index is 838. The Morgan fingerprint density at radius 1 is 1.08 bits per heavy atom. The van der Waals surface area contributed by atoms with E-state index >= 15 is 0 Å². The molecule has 2 heterocycles. The van der Waals surface area contributed by atoms with Gasteiger partial charge in [0.25, 0.3) is 5.56 Å². The number of hydrogen-bond acceptors (Lipinski definition) is 2. The monoisotopic (exact) mass is 356 g/mol. The SMILES string of the molecule is CC1=CN(C(C)C)C(c2cc(C)c(=O)n(C)c2)C1c1ccc(Cl)cc1. The lowest BCUT2D eigenvalue weighted by Crippen LogP contribution is -2.31. The highest BCUT2D eigenvalue weighted by molar-refractivity contribution is 6.30. The number of benzene rings is 1. The number of pyridine rings is 1. The smallest absolute Gasteiger partial charge is 0.253 e. The molecule has 132 valence electrons. The number of aryl methyl sites for hydroxylation is 2. The van der Waals surface area contributed by atoms with Crippen LogP contribution in [0.1, 0.15) is 49.4 Å². The molecule has 0 saturated heterocycles. The van der Waals surface area contributed by atoms with Crippen LogP contribution < -0.4 is 5.56 Å². The average Bonchev–Trinajstić information content (AvgIpc) is 2.90. The Morgan fingerprint density at radius 2 is 1.72 bits per heavy atom. The molecule has 25 heavy (non-hydrogen) atoms. The van der Waals surface area contributed by atoms with Gasteiger partial charge >= 0.3 is 0 Å². The molecule has 0 aliphatic carbocycles. The maximum absolute atomic E-state index is 12.1. The van der Waals surface area contributed by atoms with Gasteiger partial charge in [-0.25, -0.2) is 0 Å². The van der Waals surface area contributed by atoms with Crippen molar-refractivity contribution in [1.29, 1.82) is 0 Å². The fourth-order valence-corrected chi connectivity index (χ4v) is 3.96. The molecule has 2 atom stereocenters. The van der Waals surface area contributed by atoms with E-state index in [9.17, 15) is 4.79 Å². The summed E-state index contributed by atoms with van der Waals surface area (Å²) < 4.78 is 1.69. The van der Waals surface area contributed by atoms with Crippen molar-refractivity contribution in [3.05, 3.63) is 80.4 Å². The lowest BCUT2D eigenvalue weighted by Gasteiger charge is -2.34. The quantitative estimate of drug-likeness (QED) is 0.789. The van der Waals surface area contributed by atoms with Crippen molar-refractivity contribution >= 4 is 11.6 Å². The van der Waals surface area contributed by atoms with Crippen LogP contribution in [0.3, 0.4) is 0 Å². The zero-order valence-corrected chi connectivity index (χ0v) is 16.2. The van der Waals surface area contributed by atoms with Crippen LogP contribution in [-0.2, 0) is 7.05 Å². The fraction of sp³-hybridized carbons (Fsp3) is 0.381. The van der Waals surface area contributed by atoms with Gasteiger partial charge in [-0.05, 0) is 68.8 Å². The third-order valence-corrected chi connectivity index (χ3v) is 5.28. The third kappa shape index (κ3) is 3.25. The molecule has 3 nitrogen and oxygen atoms in total. The minimum atomic E-state index is 0.0607. The molecule has 1 aliphatic rings. The predicted octanol–water partition coefficient (Wildman–Crippen LogP) is 4.80. The van der Waals surface area contributed by atoms with Gasteiger partial charge in [0, 0.05) is 35.8 Å². The van der Waals surface area contributed by atoms with Crippen molar-refractivity contribution in [2.24, 2.45) is 7.05 Å². The number of nitrogens with zero attached hydrogens (tertiary/aromatic N) is 2. The molecule has 0 spiro atoms. The first kappa shape index (κ1) is 17.8. The second-order valence-corrected chi connectivity index (χ2v) is 7.70. The summed E-state index contributed by atoms with van der Waals surface area (Å²) in [5, 5.41) is 0.749. The van der Waals surface area contributed by atoms with Crippen LogP contribution in [0, 0.1) is 6.92 Å². The van der Waals surface area contributed by atoms with Gasteiger partial charge in [0.15, 0.2) is 0 Å². The zero-order chi connectivity index (χ0) is 18.3. The summed E-state index contributed by atoms with van der Waals surface area (Å²) in [6.07, 6.45) is 4.24. The van der Waals surface area contributed by atoms with Crippen molar-refractivity contribution in [3.8, 4) is 0 Å². The van der Waals surface area contributed by atoms with Crippen LogP contribution in [0.25, 0.3) is 0 Å². The Balaban J connectivity index is 2.14. The highest BCUT2D eigenvalue weighted by atomic mass is 35.5. The highest BCUT2D eigenvalue weighted by Gasteiger charge is 2.37. The molecule has 0 saturated carbocycles. The maximum atomic E-state index is 12.1. The first-order valence-electron chi connectivity index (χ1n) is 8.68. The van der Waals surface area contributed by atoms with Crippen molar-refractivity contribution in [2.75, 3.05) is 0 Å². The first-order chi connectivity index (χ1) is 11.8. The largest absolute Gasteiger partial charge is 0.367 e. The predicted molar refractivity (Wildman–Crippen MR) is 104 cm³/mol. The first-order valence-corrected chi connectivity index (χ1v) is 9.05. The van der Waals surface area contributed by atoms with Gasteiger partial charge in [-0.2, -0.15) is 0 Å². The molecule has 0 N–H and O–H groups in total. The number of hydrogen-bond donors (Lipinski definition) is 0. The Kier molecular flexibility index (Phi) is 4.79. The summed E-state index contributed by atoms with van der Waals surface area (Å²) in [5.41, 5.74) is 4.58. The van der Waals surface area contributed by atoms with E-state index in [0.29, 0.717) is 6.04 Å². The minimum absolute atomic E-state index is 0.0607. The molecule has 1 aliphatic heterocycles. The van der Waals surface area contributed by atoms with Crippen molar-refractivity contribution in [1.82, 2.24) is 9.47 Å². The molecule has 1 aromatic heterocycles. The molecule has 3 rings (SSSR count). The Morgan fingerprint density at radius 3 is 2.28 bits per heavy atom. The van der Waals surface area contributed by atoms with E-state index in [0.717, 1.165) is 10.6 Å². The highest BCUT2D eigenvalue weighted by Crippen LogP contribution is 2.47. The molecule has 0 amide bonds. The van der Waals surface area contributed by atoms with Crippen LogP contribution in [-0.4, -0.2) is 15.5 Å². The van der Waals surface area contributed by atoms with E-state index in [1.807, 2.05) is 38.4 Å². The van der Waals surface area contributed by atoms with Crippen LogP contribution in [0.15, 0.2) is 53.1 Å². The molecule has 1 aromatic carbocycles. The summed E-state index contributed by atoms with van der Waals surface area (Å²) in [6.45, 7) is 8.48. The van der Waals surface area contributed by atoms with E-state index in [-0.39, 0.29) is 17.5 Å². The lowest BCUT2D eigenvalue weighted by molar-refractivity contribution is 0.235. The molecular weight excluding hydrogens is 332 g/mol. The summed E-state index contributed by atoms with van der Waals surface area (Å²) in [4.78, 5) is 14.5. The van der Waals surface area contributed by atoms with E-state index < -0.39 is 0 Å². The van der Waals surface area contributed by atoms with Crippen molar-refractivity contribution < 1.29 is 0 Å². The summed E-state index contributed by atoms with van der Waals surface area (Å²) >= 11 is 6.08. The normalized spacial score (nSPS) is 20.3. The van der Waals surface area contributed by atoms with Crippen LogP contribution >= 0.6 is 11.6 Å². The van der Waals surface area contributed by atoms with Gasteiger partial charge < -0.3 is 9.47 Å². The van der Waals surface area contributed by atoms with Crippen LogP contribution in [0.2, 0.25) is 5.02 Å². The summed E-state index contributed by atoms with van der Waals surface area (Å²) in [5.74, 6) is 0.247. The Hall–Kier alpha value is -2.00. The van der Waals surface area contributed by atoms with E-state index in [4.69, 9.17) is 11.6 Å². The molecule has 0 fully saturated rings. The summed E-state index contributed by atoms with van der Waals surface area (Å²) in [7, 11) is 1.82. The van der Waals surface area contributed by atoms with E-state index in [1.54, 1.807) is 4.57 Å². The zero-order valence-electron chi connectivity index (χ0n) is 15.5. The van der Waals surface area contributed by atoms with Gasteiger partial charge in [-0.1, -0.05) is 23.7 Å². The van der Waals surface area contributed by atoms with Gasteiger partial charge in [-0.15, -0.1) is 0 Å². The second kappa shape index (κ2) is 6.72. The van der Waals surface area contributed by atoms with Gasteiger partial charge in [0.05, 0.1) is 6.04 Å². The lowest BCUT2D eigenvalue weighted by atomic mass is 9.84. The van der Waals surface area contributed by atoms with E-state index in [2.05, 4.69) is 44.0 Å². The molecule has 0 radical (unpaired) electrons.